The van der Waals surface area contributed by atoms with Crippen LogP contribution in [-0.4, -0.2) is 39.3 Å². The van der Waals surface area contributed by atoms with Crippen molar-refractivity contribution in [3.8, 4) is 0 Å². The molecule has 4 rings (SSSR count). The summed E-state index contributed by atoms with van der Waals surface area (Å²) < 4.78 is 11.0. The maximum Gasteiger partial charge on any atom is 0.425 e. The molecule has 3 N–H and O–H groups in total. The third kappa shape index (κ3) is 9.78. The van der Waals surface area contributed by atoms with Gasteiger partial charge in [0, 0.05) is 58.2 Å². The van der Waals surface area contributed by atoms with Crippen LogP contribution < -0.4 is 20.9 Å². The van der Waals surface area contributed by atoms with Gasteiger partial charge in [0.15, 0.2) is 5.82 Å². The Labute approximate surface area is 263 Å². The minimum Gasteiger partial charge on any atom is -0.443 e. The lowest BCUT2D eigenvalue weighted by molar-refractivity contribution is 0.0429. The average Bonchev–Trinajstić information content (AvgIpc) is 2.92. The second kappa shape index (κ2) is 13.5. The molecule has 11 nitrogen and oxygen atoms in total. The zero-order valence-corrected chi connectivity index (χ0v) is 26.5. The zero-order valence-electron chi connectivity index (χ0n) is 26.5. The third-order valence-electron chi connectivity index (χ3n) is 5.85. The van der Waals surface area contributed by atoms with Crippen molar-refractivity contribution < 1.29 is 23.9 Å². The second-order valence-corrected chi connectivity index (χ2v) is 12.2. The number of nitrogens with one attached hydrogen (secondary N) is 3. The van der Waals surface area contributed by atoms with E-state index in [2.05, 4.69) is 25.9 Å². The Bertz CT molecular complexity index is 1630. The summed E-state index contributed by atoms with van der Waals surface area (Å²) in [5.74, 6) is -0.234. The molecule has 3 amide bonds. The number of carbonyl (C=O) groups excluding carboxylic acids is 3. The van der Waals surface area contributed by atoms with E-state index in [-0.39, 0.29) is 11.7 Å². The number of imide groups is 1. The van der Waals surface area contributed by atoms with Crippen LogP contribution in [0.1, 0.15) is 57.6 Å². The van der Waals surface area contributed by atoms with Crippen LogP contribution in [0.15, 0.2) is 85.2 Å². The minimum atomic E-state index is -0.910. The van der Waals surface area contributed by atoms with Gasteiger partial charge in [-0.1, -0.05) is 6.07 Å². The number of hydrogen-bond acceptors (Lipinski definition) is 9. The Kier molecular flexibility index (Phi) is 9.71. The van der Waals surface area contributed by atoms with Crippen LogP contribution in [0.2, 0.25) is 0 Å². The summed E-state index contributed by atoms with van der Waals surface area (Å²) in [6, 6.07) is 21.3. The number of rotatable bonds is 7. The molecule has 4 aromatic rings. The summed E-state index contributed by atoms with van der Waals surface area (Å²) >= 11 is 0. The number of hydrogen-bond donors (Lipinski definition) is 3. The first-order valence-electron chi connectivity index (χ1n) is 14.4. The van der Waals surface area contributed by atoms with Crippen molar-refractivity contribution in [3.05, 3.63) is 96.4 Å². The molecule has 2 aromatic heterocycles. The highest BCUT2D eigenvalue weighted by molar-refractivity contribution is 6.09. The van der Waals surface area contributed by atoms with E-state index in [1.165, 1.54) is 0 Å². The SMILES string of the molecule is Cc1cc(Nc2cccc(NC(=O)c3ccc(Nc4ccncc4)cc3)c2)cc(N(C(=O)OC(C)(C)C)C(=O)OC(C)(C)C)n1. The highest BCUT2D eigenvalue weighted by Crippen LogP contribution is 2.27. The Morgan fingerprint density at radius 2 is 1.22 bits per heavy atom. The van der Waals surface area contributed by atoms with Gasteiger partial charge in [-0.3, -0.25) is 9.78 Å². The van der Waals surface area contributed by atoms with Gasteiger partial charge in [-0.2, -0.15) is 4.90 Å². The number of pyridine rings is 2. The monoisotopic (exact) mass is 610 g/mol. The summed E-state index contributed by atoms with van der Waals surface area (Å²) in [5.41, 5.74) is 2.83. The first kappa shape index (κ1) is 32.5. The van der Waals surface area contributed by atoms with Crippen LogP contribution in [-0.2, 0) is 9.47 Å². The molecule has 0 unspecified atom stereocenters. The van der Waals surface area contributed by atoms with Gasteiger partial charge in [0.05, 0.1) is 0 Å². The number of carbonyl (C=O) groups is 3. The van der Waals surface area contributed by atoms with Crippen molar-refractivity contribution in [2.75, 3.05) is 20.9 Å². The lowest BCUT2D eigenvalue weighted by atomic mass is 10.1. The fraction of sp³-hybridized carbons (Fsp3) is 0.265. The number of nitrogens with zero attached hydrogens (tertiary/aromatic N) is 3. The molecule has 0 fully saturated rings. The van der Waals surface area contributed by atoms with E-state index in [4.69, 9.17) is 9.47 Å². The summed E-state index contributed by atoms with van der Waals surface area (Å²) in [6.07, 6.45) is 1.58. The zero-order chi connectivity index (χ0) is 32.8. The van der Waals surface area contributed by atoms with Crippen molar-refractivity contribution in [3.63, 3.8) is 0 Å². The van der Waals surface area contributed by atoms with E-state index < -0.39 is 23.4 Å². The molecule has 0 atom stereocenters. The van der Waals surface area contributed by atoms with Crippen LogP contribution in [0.25, 0.3) is 0 Å². The van der Waals surface area contributed by atoms with Crippen molar-refractivity contribution in [1.82, 2.24) is 9.97 Å². The average molecular weight is 611 g/mol. The van der Waals surface area contributed by atoms with E-state index in [9.17, 15) is 14.4 Å². The van der Waals surface area contributed by atoms with E-state index in [0.717, 1.165) is 16.3 Å². The molecule has 0 bridgehead atoms. The van der Waals surface area contributed by atoms with Gasteiger partial charge in [0.2, 0.25) is 0 Å². The van der Waals surface area contributed by atoms with Gasteiger partial charge in [-0.05, 0) is 109 Å². The summed E-state index contributed by atoms with van der Waals surface area (Å²) in [7, 11) is 0. The van der Waals surface area contributed by atoms with Crippen LogP contribution in [0, 0.1) is 6.92 Å². The number of aryl methyl sites for hydroxylation is 1. The van der Waals surface area contributed by atoms with Crippen molar-refractivity contribution in [2.45, 2.75) is 59.7 Å². The molecule has 0 spiro atoms. The van der Waals surface area contributed by atoms with Gasteiger partial charge in [0.1, 0.15) is 11.2 Å². The number of benzene rings is 2. The van der Waals surface area contributed by atoms with Gasteiger partial charge >= 0.3 is 12.2 Å². The topological polar surface area (TPSA) is 135 Å². The molecule has 2 heterocycles. The van der Waals surface area contributed by atoms with E-state index in [0.29, 0.717) is 28.3 Å². The van der Waals surface area contributed by atoms with E-state index in [1.807, 2.05) is 30.3 Å². The molecular weight excluding hydrogens is 572 g/mol. The van der Waals surface area contributed by atoms with Crippen molar-refractivity contribution >= 4 is 52.3 Å². The van der Waals surface area contributed by atoms with Crippen molar-refractivity contribution in [2.24, 2.45) is 0 Å². The molecule has 11 heteroatoms. The lowest BCUT2D eigenvalue weighted by Gasteiger charge is -2.28. The largest absolute Gasteiger partial charge is 0.443 e. The normalized spacial score (nSPS) is 11.3. The quantitative estimate of drug-likeness (QED) is 0.189. The molecular formula is C34H38N6O5. The predicted molar refractivity (Wildman–Crippen MR) is 176 cm³/mol. The number of aromatic nitrogens is 2. The standard InChI is InChI=1S/C34H38N6O5/c1-22-19-28(21-29(36-22)40(31(42)44-33(2,3)4)32(43)45-34(5,6)7)38-26-9-8-10-27(20-26)39-30(41)23-11-13-24(14-12-23)37-25-15-17-35-18-16-25/h8-21H,1-7H3,(H,35,37)(H,36,38)(H,39,41). The summed E-state index contributed by atoms with van der Waals surface area (Å²) in [4.78, 5) is 48.4. The van der Waals surface area contributed by atoms with E-state index in [1.54, 1.807) is 103 Å². The first-order valence-corrected chi connectivity index (χ1v) is 14.4. The Balaban J connectivity index is 1.50. The molecule has 0 radical (unpaired) electrons. The van der Waals surface area contributed by atoms with Crippen LogP contribution in [0.3, 0.4) is 0 Å². The van der Waals surface area contributed by atoms with Gasteiger partial charge in [-0.25, -0.2) is 14.6 Å². The molecule has 0 saturated heterocycles. The Morgan fingerprint density at radius 3 is 1.82 bits per heavy atom. The van der Waals surface area contributed by atoms with Crippen LogP contribution in [0.5, 0.6) is 0 Å². The predicted octanol–water partition coefficient (Wildman–Crippen LogP) is 8.20. The first-order chi connectivity index (χ1) is 21.1. The van der Waals surface area contributed by atoms with Gasteiger partial charge < -0.3 is 25.4 Å². The van der Waals surface area contributed by atoms with Crippen LogP contribution >= 0.6 is 0 Å². The summed E-state index contributed by atoms with van der Waals surface area (Å²) in [5, 5.41) is 9.44. The highest BCUT2D eigenvalue weighted by atomic mass is 16.6. The third-order valence-corrected chi connectivity index (χ3v) is 5.85. The van der Waals surface area contributed by atoms with Gasteiger partial charge in [0.25, 0.3) is 5.91 Å². The smallest absolute Gasteiger partial charge is 0.425 e. The molecule has 2 aromatic carbocycles. The lowest BCUT2D eigenvalue weighted by Crippen LogP contribution is -2.44. The highest BCUT2D eigenvalue weighted by Gasteiger charge is 2.34. The number of anilines is 6. The molecule has 0 aliphatic carbocycles. The Morgan fingerprint density at radius 1 is 0.667 bits per heavy atom. The fourth-order valence-corrected chi connectivity index (χ4v) is 4.07. The van der Waals surface area contributed by atoms with Gasteiger partial charge in [-0.15, -0.1) is 0 Å². The maximum absolute atomic E-state index is 13.1. The molecule has 45 heavy (non-hydrogen) atoms. The number of ether oxygens (including phenoxy) is 2. The molecule has 0 aliphatic rings. The summed E-state index contributed by atoms with van der Waals surface area (Å²) in [6.45, 7) is 12.0. The number of amides is 3. The Hall–Kier alpha value is -5.45. The second-order valence-electron chi connectivity index (χ2n) is 12.2. The van der Waals surface area contributed by atoms with E-state index >= 15 is 0 Å². The molecule has 0 saturated carbocycles. The molecule has 0 aliphatic heterocycles. The maximum atomic E-state index is 13.1. The molecule has 234 valence electrons. The van der Waals surface area contributed by atoms with Crippen LogP contribution in [0.4, 0.5) is 43.8 Å². The minimum absolute atomic E-state index is 0.0346. The van der Waals surface area contributed by atoms with Crippen molar-refractivity contribution in [1.29, 1.82) is 0 Å². The fourth-order valence-electron chi connectivity index (χ4n) is 4.07.